The van der Waals surface area contributed by atoms with E-state index in [1.165, 1.54) is 168 Å². The van der Waals surface area contributed by atoms with Crippen LogP contribution in [0.15, 0.2) is 163 Å². The van der Waals surface area contributed by atoms with Gasteiger partial charge in [0.25, 0.3) is 0 Å². The normalized spacial score (nSPS) is 15.2. The third-order valence-corrected chi connectivity index (χ3v) is 13.8. The van der Waals surface area contributed by atoms with Crippen molar-refractivity contribution in [2.24, 2.45) is 0 Å². The van der Waals surface area contributed by atoms with E-state index in [1.54, 1.807) is 0 Å². The maximum absolute atomic E-state index is 3.86. The molecule has 70 heavy (non-hydrogen) atoms. The summed E-state index contributed by atoms with van der Waals surface area (Å²) in [6.07, 6.45) is 64.1. The van der Waals surface area contributed by atoms with Gasteiger partial charge in [-0.05, 0) is 278 Å². The van der Waals surface area contributed by atoms with Crippen molar-refractivity contribution in [2.45, 2.75) is 271 Å². The molecule has 0 heteroatoms. The number of rotatable bonds is 39. The van der Waals surface area contributed by atoms with Gasteiger partial charge in [0.15, 0.2) is 0 Å². The van der Waals surface area contributed by atoms with Gasteiger partial charge in [-0.1, -0.05) is 163 Å². The van der Waals surface area contributed by atoms with Gasteiger partial charge in [0.05, 0.1) is 0 Å². The van der Waals surface area contributed by atoms with Crippen molar-refractivity contribution < 1.29 is 0 Å². The summed E-state index contributed by atoms with van der Waals surface area (Å²) >= 11 is 0. The highest BCUT2D eigenvalue weighted by Crippen LogP contribution is 2.20. The summed E-state index contributed by atoms with van der Waals surface area (Å²) in [5.74, 6) is 0. The van der Waals surface area contributed by atoms with Crippen molar-refractivity contribution >= 4 is 0 Å². The molecule has 0 aromatic heterocycles. The lowest BCUT2D eigenvalue weighted by atomic mass is 10.0. The highest BCUT2D eigenvalue weighted by Gasteiger charge is 2.00. The van der Waals surface area contributed by atoms with E-state index in [0.29, 0.717) is 0 Å². The molecule has 0 bridgehead atoms. The maximum atomic E-state index is 3.86. The van der Waals surface area contributed by atoms with Crippen molar-refractivity contribution in [3.63, 3.8) is 0 Å². The maximum Gasteiger partial charge on any atom is -0.0288 e. The molecule has 0 amide bonds. The summed E-state index contributed by atoms with van der Waals surface area (Å²) in [6, 6.07) is 0. The van der Waals surface area contributed by atoms with Crippen LogP contribution in [0.5, 0.6) is 0 Å². The topological polar surface area (TPSA) is 0 Å². The van der Waals surface area contributed by atoms with Gasteiger partial charge in [-0.25, -0.2) is 0 Å². The molecule has 0 rings (SSSR count). The van der Waals surface area contributed by atoms with E-state index in [-0.39, 0.29) is 0 Å². The van der Waals surface area contributed by atoms with Crippen molar-refractivity contribution in [3.8, 4) is 0 Å². The monoisotopic (exact) mass is 954 g/mol. The minimum absolute atomic E-state index is 1.12. The van der Waals surface area contributed by atoms with Gasteiger partial charge in [-0.15, -0.1) is 0 Å². The quantitative estimate of drug-likeness (QED) is 0.0539. The predicted molar refractivity (Wildman–Crippen MR) is 324 cm³/mol. The first-order valence-corrected chi connectivity index (χ1v) is 28.4. The van der Waals surface area contributed by atoms with Crippen LogP contribution in [0.1, 0.15) is 271 Å². The van der Waals surface area contributed by atoms with Crippen molar-refractivity contribution in [3.05, 3.63) is 170 Å². The summed E-state index contributed by atoms with van der Waals surface area (Å²) in [4.78, 5) is 0. The largest absolute Gasteiger partial charge is 0.0856 e. The molecule has 0 aromatic rings. The first-order chi connectivity index (χ1) is 33.4. The standard InChI is InChI=1S/C70H113/c1-17-58(4)32-19-34-60(6)36-21-38-62(8)40-23-42-64(10)44-25-46-66(12)48-27-50-68(14)52-29-54-70(16)56-30-55-69(15)53-28-51-67(13)49-26-47-65(11)45-24-43-63(9)41-22-39-61(7)37-20-35-59(5)33-18-31-57(2)3/h17,31,34-35,38-39,42-43,46-47,50-51,54-55H,1,18-30,32-33,36-37,40-41,44-45,48-49,52-53,56H2,2-16H3/b58-17+,59-35+,60-34+,61-39+,62-38+,63-43+,64-42+,65-47+,66-46+,67-51+,68-50+,69-55+,70-54+. The molecule has 0 saturated carbocycles. The fourth-order valence-electron chi connectivity index (χ4n) is 8.47. The Morgan fingerprint density at radius 1 is 0.186 bits per heavy atom. The zero-order valence-corrected chi connectivity index (χ0v) is 49.2. The summed E-state index contributed by atoms with van der Waals surface area (Å²) in [5.41, 5.74) is 21.1. The number of hydrogen-bond donors (Lipinski definition) is 0. The smallest absolute Gasteiger partial charge is 0.0288 e. The van der Waals surface area contributed by atoms with E-state index in [0.717, 1.165) is 77.0 Å². The Morgan fingerprint density at radius 2 is 0.300 bits per heavy atom. The van der Waals surface area contributed by atoms with Crippen molar-refractivity contribution in [1.82, 2.24) is 0 Å². The molecule has 0 atom stereocenters. The Bertz CT molecular complexity index is 1870. The molecule has 0 nitrogen and oxygen atoms in total. The fourth-order valence-corrected chi connectivity index (χ4v) is 8.47. The molecule has 0 fully saturated rings. The highest BCUT2D eigenvalue weighted by molar-refractivity contribution is 5.13. The van der Waals surface area contributed by atoms with Gasteiger partial charge in [0, 0.05) is 0 Å². The van der Waals surface area contributed by atoms with Gasteiger partial charge < -0.3 is 0 Å². The molecule has 0 heterocycles. The molecule has 1 radical (unpaired) electrons. The van der Waals surface area contributed by atoms with Crippen LogP contribution in [0.4, 0.5) is 0 Å². The summed E-state index contributed by atoms with van der Waals surface area (Å²) in [6.45, 7) is 38.1. The van der Waals surface area contributed by atoms with Crippen LogP contribution >= 0.6 is 0 Å². The highest BCUT2D eigenvalue weighted by atomic mass is 14.1. The molecular weight excluding hydrogens is 841 g/mol. The first kappa shape index (κ1) is 66.4. The van der Waals surface area contributed by atoms with Crippen LogP contribution in [0.3, 0.4) is 0 Å². The number of allylic oxidation sites excluding steroid dienone is 28. The van der Waals surface area contributed by atoms with Crippen molar-refractivity contribution in [1.29, 1.82) is 0 Å². The number of hydrogen-bond acceptors (Lipinski definition) is 0. The van der Waals surface area contributed by atoms with E-state index in [9.17, 15) is 0 Å². The lowest BCUT2D eigenvalue weighted by Gasteiger charge is -2.04. The summed E-state index contributed by atoms with van der Waals surface area (Å²) < 4.78 is 0. The molecule has 0 spiro atoms. The Morgan fingerprint density at radius 3 is 0.414 bits per heavy atom. The first-order valence-electron chi connectivity index (χ1n) is 28.4. The van der Waals surface area contributed by atoms with Crippen LogP contribution in [-0.2, 0) is 0 Å². The minimum atomic E-state index is 1.12. The molecular formula is C70H113. The van der Waals surface area contributed by atoms with E-state index < -0.39 is 0 Å². The van der Waals surface area contributed by atoms with Crippen LogP contribution < -0.4 is 0 Å². The third kappa shape index (κ3) is 44.3. The second kappa shape index (κ2) is 44.1. The summed E-state index contributed by atoms with van der Waals surface area (Å²) in [5, 5.41) is 0. The van der Waals surface area contributed by atoms with E-state index in [1.807, 2.05) is 6.08 Å². The zero-order chi connectivity index (χ0) is 52.4. The van der Waals surface area contributed by atoms with Gasteiger partial charge in [0.2, 0.25) is 0 Å². The molecule has 0 aliphatic rings. The second-order valence-corrected chi connectivity index (χ2v) is 21.9. The van der Waals surface area contributed by atoms with Gasteiger partial charge >= 0.3 is 0 Å². The Balaban J connectivity index is 4.30. The van der Waals surface area contributed by atoms with Gasteiger partial charge in [0.1, 0.15) is 0 Å². The van der Waals surface area contributed by atoms with Gasteiger partial charge in [-0.2, -0.15) is 0 Å². The van der Waals surface area contributed by atoms with E-state index >= 15 is 0 Å². The molecule has 393 valence electrons. The lowest BCUT2D eigenvalue weighted by Crippen LogP contribution is -1.84. The minimum Gasteiger partial charge on any atom is -0.0856 e. The van der Waals surface area contributed by atoms with Gasteiger partial charge in [-0.3, -0.25) is 0 Å². The lowest BCUT2D eigenvalue weighted by molar-refractivity contribution is 0.877. The molecule has 0 aliphatic carbocycles. The van der Waals surface area contributed by atoms with E-state index in [2.05, 4.69) is 190 Å². The Labute approximate surface area is 438 Å². The Kier molecular flexibility index (Phi) is 41.8. The van der Waals surface area contributed by atoms with Crippen LogP contribution in [0, 0.1) is 6.92 Å². The fraction of sp³-hybridized carbons (Fsp3) is 0.586. The Hall–Kier alpha value is -3.64. The molecule has 0 N–H and O–H groups in total. The van der Waals surface area contributed by atoms with Crippen LogP contribution in [-0.4, -0.2) is 0 Å². The van der Waals surface area contributed by atoms with Crippen molar-refractivity contribution in [2.75, 3.05) is 0 Å². The zero-order valence-electron chi connectivity index (χ0n) is 49.2. The second-order valence-electron chi connectivity index (χ2n) is 21.9. The molecule has 0 saturated heterocycles. The predicted octanol–water partition coefficient (Wildman–Crippen LogP) is 24.2. The van der Waals surface area contributed by atoms with E-state index in [4.69, 9.17) is 0 Å². The average Bonchev–Trinajstić information content (AvgIpc) is 3.28. The molecule has 0 unspecified atom stereocenters. The average molecular weight is 955 g/mol. The molecule has 0 aliphatic heterocycles. The van der Waals surface area contributed by atoms with Crippen LogP contribution in [0.2, 0.25) is 0 Å². The van der Waals surface area contributed by atoms with Crippen LogP contribution in [0.25, 0.3) is 0 Å². The molecule has 0 aromatic carbocycles. The third-order valence-electron chi connectivity index (χ3n) is 13.8. The SMILES string of the molecule is [CH2]/C=C(\C)CC/C=C(\C)CC/C=C(\C)CC/C=C(\C)CC/C=C(\C)CC/C=C(\C)CC/C=C(\C)CC/C=C(\C)CC/C=C(\C)CC/C=C(\C)CC/C=C(\C)CC/C=C(\C)CC/C=C(\C)CCC=C(C)C. The summed E-state index contributed by atoms with van der Waals surface area (Å²) in [7, 11) is 0.